The molecule has 0 bridgehead atoms. The van der Waals surface area contributed by atoms with Gasteiger partial charge in [-0.15, -0.1) is 0 Å². The van der Waals surface area contributed by atoms with E-state index < -0.39 is 0 Å². The van der Waals surface area contributed by atoms with Crippen molar-refractivity contribution in [3.63, 3.8) is 0 Å². The molecule has 1 aromatic rings. The van der Waals surface area contributed by atoms with Crippen molar-refractivity contribution in [2.75, 3.05) is 6.54 Å². The van der Waals surface area contributed by atoms with Gasteiger partial charge in [-0.2, -0.15) is 4.98 Å². The Morgan fingerprint density at radius 1 is 1.32 bits per heavy atom. The van der Waals surface area contributed by atoms with Crippen molar-refractivity contribution in [2.24, 2.45) is 5.92 Å². The van der Waals surface area contributed by atoms with Crippen molar-refractivity contribution in [3.05, 3.63) is 11.7 Å². The van der Waals surface area contributed by atoms with Gasteiger partial charge in [-0.1, -0.05) is 11.6 Å². The first-order valence-corrected chi connectivity index (χ1v) is 7.30. The fourth-order valence-corrected chi connectivity index (χ4v) is 3.51. The third kappa shape index (κ3) is 2.71. The minimum atomic E-state index is 0.240. The molecule has 5 nitrogen and oxygen atoms in total. The first kappa shape index (κ1) is 12.8. The highest BCUT2D eigenvalue weighted by Crippen LogP contribution is 2.32. The maximum atomic E-state index is 12.1. The second-order valence-electron chi connectivity index (χ2n) is 5.73. The summed E-state index contributed by atoms with van der Waals surface area (Å²) in [6.45, 7) is 3.57. The van der Waals surface area contributed by atoms with E-state index in [1.807, 2.05) is 6.92 Å². The van der Waals surface area contributed by atoms with E-state index in [9.17, 15) is 4.79 Å². The molecule has 2 atom stereocenters. The predicted octanol–water partition coefficient (Wildman–Crippen LogP) is 2.10. The molecule has 2 fully saturated rings. The van der Waals surface area contributed by atoms with Gasteiger partial charge in [0, 0.05) is 25.3 Å². The number of rotatable bonds is 3. The lowest BCUT2D eigenvalue weighted by Crippen LogP contribution is -2.40. The van der Waals surface area contributed by atoms with Gasteiger partial charge in [-0.05, 0) is 32.2 Å². The highest BCUT2D eigenvalue weighted by Gasteiger charge is 2.37. The van der Waals surface area contributed by atoms with Crippen LogP contribution in [0.1, 0.15) is 50.2 Å². The lowest BCUT2D eigenvalue weighted by Gasteiger charge is -2.32. The van der Waals surface area contributed by atoms with Crippen LogP contribution in [0.15, 0.2) is 4.52 Å². The molecule has 1 aliphatic heterocycles. The molecule has 2 aliphatic rings. The molecule has 1 aromatic heterocycles. The lowest BCUT2D eigenvalue weighted by molar-refractivity contribution is -0.126. The van der Waals surface area contributed by atoms with Crippen LogP contribution in [-0.4, -0.2) is 33.4 Å². The lowest BCUT2D eigenvalue weighted by atomic mass is 9.82. The number of carbonyl (C=O) groups excluding carboxylic acids is 1. The molecule has 0 spiro atoms. The van der Waals surface area contributed by atoms with Gasteiger partial charge in [-0.25, -0.2) is 0 Å². The van der Waals surface area contributed by atoms with Crippen LogP contribution in [0.3, 0.4) is 0 Å². The maximum absolute atomic E-state index is 12.1. The third-order valence-electron chi connectivity index (χ3n) is 4.39. The molecule has 0 N–H and O–H groups in total. The molecule has 1 aliphatic carbocycles. The van der Waals surface area contributed by atoms with Crippen LogP contribution in [0.5, 0.6) is 0 Å². The van der Waals surface area contributed by atoms with Crippen molar-refractivity contribution >= 4 is 5.78 Å². The third-order valence-corrected chi connectivity index (χ3v) is 4.39. The van der Waals surface area contributed by atoms with Gasteiger partial charge in [0.2, 0.25) is 5.89 Å². The van der Waals surface area contributed by atoms with E-state index in [1.165, 1.54) is 12.8 Å². The highest BCUT2D eigenvalue weighted by atomic mass is 16.5. The van der Waals surface area contributed by atoms with Gasteiger partial charge in [0.15, 0.2) is 5.82 Å². The summed E-state index contributed by atoms with van der Waals surface area (Å²) < 4.78 is 5.02. The molecule has 104 valence electrons. The monoisotopic (exact) mass is 263 g/mol. The average molecular weight is 263 g/mol. The van der Waals surface area contributed by atoms with E-state index in [1.54, 1.807) is 0 Å². The first-order chi connectivity index (χ1) is 9.24. The number of aryl methyl sites for hydroxylation is 1. The Bertz CT molecular complexity index is 457. The summed E-state index contributed by atoms with van der Waals surface area (Å²) >= 11 is 0. The van der Waals surface area contributed by atoms with Crippen molar-refractivity contribution in [2.45, 2.75) is 58.0 Å². The van der Waals surface area contributed by atoms with E-state index in [0.29, 0.717) is 24.3 Å². The van der Waals surface area contributed by atoms with Crippen molar-refractivity contribution in [3.8, 4) is 0 Å². The van der Waals surface area contributed by atoms with Crippen molar-refractivity contribution < 1.29 is 9.32 Å². The first-order valence-electron chi connectivity index (χ1n) is 7.30. The van der Waals surface area contributed by atoms with Gasteiger partial charge >= 0.3 is 0 Å². The number of hydrogen-bond donors (Lipinski definition) is 0. The zero-order chi connectivity index (χ0) is 13.2. The number of nitrogens with zero attached hydrogens (tertiary/aromatic N) is 3. The Morgan fingerprint density at radius 3 is 2.95 bits per heavy atom. The predicted molar refractivity (Wildman–Crippen MR) is 69.4 cm³/mol. The Labute approximate surface area is 113 Å². The molecule has 1 saturated heterocycles. The normalized spacial score (nSPS) is 29.0. The minimum absolute atomic E-state index is 0.240. The molecule has 3 rings (SSSR count). The molecule has 0 radical (unpaired) electrons. The molecule has 0 amide bonds. The Kier molecular flexibility index (Phi) is 3.64. The van der Waals surface area contributed by atoms with E-state index in [4.69, 9.17) is 4.52 Å². The number of Topliss-reactive ketones (excluding diaryl/α,β-unsaturated/α-hetero) is 1. The molecule has 1 saturated carbocycles. The average Bonchev–Trinajstić information content (AvgIpc) is 3.00. The van der Waals surface area contributed by atoms with Crippen molar-refractivity contribution in [1.82, 2.24) is 15.0 Å². The Morgan fingerprint density at radius 2 is 2.21 bits per heavy atom. The smallest absolute Gasteiger partial charge is 0.223 e. The van der Waals surface area contributed by atoms with E-state index in [2.05, 4.69) is 15.0 Å². The van der Waals surface area contributed by atoms with E-state index in [0.717, 1.165) is 38.1 Å². The second-order valence-corrected chi connectivity index (χ2v) is 5.73. The zero-order valence-electron chi connectivity index (χ0n) is 11.5. The Balaban J connectivity index is 1.68. The van der Waals surface area contributed by atoms with Crippen molar-refractivity contribution in [1.29, 1.82) is 0 Å². The summed E-state index contributed by atoms with van der Waals surface area (Å²) in [6.07, 6.45) is 6.41. The molecule has 5 heteroatoms. The molecule has 0 aromatic carbocycles. The summed E-state index contributed by atoms with van der Waals surface area (Å²) in [5.41, 5.74) is 0. The summed E-state index contributed by atoms with van der Waals surface area (Å²) in [6, 6.07) is 0.395. The fraction of sp³-hybridized carbons (Fsp3) is 0.786. The van der Waals surface area contributed by atoms with Gasteiger partial charge in [0.25, 0.3) is 0 Å². The Hall–Kier alpha value is -1.23. The van der Waals surface area contributed by atoms with E-state index in [-0.39, 0.29) is 5.92 Å². The van der Waals surface area contributed by atoms with Gasteiger partial charge in [0.1, 0.15) is 5.78 Å². The van der Waals surface area contributed by atoms with Gasteiger partial charge in [0.05, 0.1) is 6.54 Å². The molecular weight excluding hydrogens is 242 g/mol. The van der Waals surface area contributed by atoms with Crippen LogP contribution < -0.4 is 0 Å². The largest absolute Gasteiger partial charge is 0.340 e. The molecular formula is C14H21N3O2. The standard InChI is InChI=1S/C14H21N3O2/c1-10-15-14(16-19-10)9-17-8-4-6-12(17)11-5-2-3-7-13(11)18/h11-12H,2-9H2,1H3. The van der Waals surface area contributed by atoms with Crippen LogP contribution in [0.2, 0.25) is 0 Å². The molecule has 19 heavy (non-hydrogen) atoms. The van der Waals surface area contributed by atoms with Gasteiger partial charge < -0.3 is 4.52 Å². The summed E-state index contributed by atoms with van der Waals surface area (Å²) in [7, 11) is 0. The topological polar surface area (TPSA) is 59.2 Å². The van der Waals surface area contributed by atoms with Crippen LogP contribution in [0.25, 0.3) is 0 Å². The zero-order valence-corrected chi connectivity index (χ0v) is 11.5. The fourth-order valence-electron chi connectivity index (χ4n) is 3.51. The van der Waals surface area contributed by atoms with Crippen LogP contribution in [-0.2, 0) is 11.3 Å². The van der Waals surface area contributed by atoms with Crippen LogP contribution in [0.4, 0.5) is 0 Å². The summed E-state index contributed by atoms with van der Waals surface area (Å²) in [5, 5.41) is 3.97. The SMILES string of the molecule is Cc1nc(CN2CCCC2C2CCCCC2=O)no1. The number of carbonyl (C=O) groups is 1. The number of likely N-dealkylation sites (tertiary alicyclic amines) is 1. The number of ketones is 1. The molecule has 2 heterocycles. The van der Waals surface area contributed by atoms with Crippen LogP contribution >= 0.6 is 0 Å². The summed E-state index contributed by atoms with van der Waals surface area (Å²) in [5.74, 6) is 2.06. The van der Waals surface area contributed by atoms with Gasteiger partial charge in [-0.3, -0.25) is 9.69 Å². The van der Waals surface area contributed by atoms with E-state index >= 15 is 0 Å². The number of hydrogen-bond acceptors (Lipinski definition) is 5. The molecule has 2 unspecified atom stereocenters. The quantitative estimate of drug-likeness (QED) is 0.835. The maximum Gasteiger partial charge on any atom is 0.223 e. The second kappa shape index (κ2) is 5.41. The highest BCUT2D eigenvalue weighted by molar-refractivity contribution is 5.82. The summed E-state index contributed by atoms with van der Waals surface area (Å²) in [4.78, 5) is 18.7. The minimum Gasteiger partial charge on any atom is -0.340 e. The number of aromatic nitrogens is 2. The van der Waals surface area contributed by atoms with Crippen LogP contribution in [0, 0.1) is 12.8 Å².